The minimum atomic E-state index is -0.166. The number of anilines is 1. The van der Waals surface area contributed by atoms with Crippen LogP contribution in [0.2, 0.25) is 0 Å². The van der Waals surface area contributed by atoms with E-state index < -0.39 is 0 Å². The van der Waals surface area contributed by atoms with Gasteiger partial charge in [0.25, 0.3) is 0 Å². The monoisotopic (exact) mass is 247 g/mol. The minimum absolute atomic E-state index is 0.166. The molecule has 0 heterocycles. The molecule has 0 bridgehead atoms. The maximum atomic E-state index is 11.1. The molecule has 0 aromatic heterocycles. The van der Waals surface area contributed by atoms with Gasteiger partial charge in [-0.05, 0) is 43.2 Å². The Hall–Kier alpha value is -1.22. The van der Waals surface area contributed by atoms with Crippen LogP contribution in [0.3, 0.4) is 0 Å². The predicted molar refractivity (Wildman–Crippen MR) is 73.4 cm³/mol. The van der Waals surface area contributed by atoms with E-state index in [1.54, 1.807) is 0 Å². The first-order chi connectivity index (χ1) is 8.28. The molecule has 1 aromatic carbocycles. The summed E-state index contributed by atoms with van der Waals surface area (Å²) in [5, 5.41) is 3.53. The highest BCUT2D eigenvalue weighted by molar-refractivity contribution is 8.00. The van der Waals surface area contributed by atoms with Gasteiger partial charge in [0.15, 0.2) is 0 Å². The lowest BCUT2D eigenvalue weighted by atomic mass is 10.3. The van der Waals surface area contributed by atoms with Gasteiger partial charge in [0.1, 0.15) is 0 Å². The van der Waals surface area contributed by atoms with Gasteiger partial charge in [0, 0.05) is 15.8 Å². The number of carbonyl (C=O) groups is 1. The van der Waals surface area contributed by atoms with E-state index in [2.05, 4.69) is 24.0 Å². The summed E-state index contributed by atoms with van der Waals surface area (Å²) in [5.41, 5.74) is 0.825. The number of amides is 1. The van der Waals surface area contributed by atoms with Gasteiger partial charge in [-0.15, -0.1) is 11.8 Å². The fourth-order valence-electron chi connectivity index (χ4n) is 2.01. The lowest BCUT2D eigenvalue weighted by molar-refractivity contribution is -0.111. The number of hydrogen-bond acceptors (Lipinski definition) is 2. The van der Waals surface area contributed by atoms with Crippen molar-refractivity contribution in [2.24, 2.45) is 0 Å². The Morgan fingerprint density at radius 2 is 1.94 bits per heavy atom. The molecule has 1 aliphatic rings. The molecule has 2 nitrogen and oxygen atoms in total. The molecular weight excluding hydrogens is 230 g/mol. The molecule has 0 aliphatic heterocycles. The average molecular weight is 247 g/mol. The Morgan fingerprint density at radius 3 is 2.53 bits per heavy atom. The zero-order valence-corrected chi connectivity index (χ0v) is 10.6. The van der Waals surface area contributed by atoms with Crippen LogP contribution < -0.4 is 5.32 Å². The first-order valence-corrected chi connectivity index (χ1v) is 6.86. The molecule has 0 radical (unpaired) electrons. The van der Waals surface area contributed by atoms with Gasteiger partial charge in [0.2, 0.25) is 5.91 Å². The average Bonchev–Trinajstić information content (AvgIpc) is 2.84. The largest absolute Gasteiger partial charge is 0.323 e. The second-order valence-electron chi connectivity index (χ2n) is 4.24. The fourth-order valence-corrected chi connectivity index (χ4v) is 3.26. The molecule has 2 rings (SSSR count). The molecule has 1 saturated carbocycles. The van der Waals surface area contributed by atoms with Crippen LogP contribution in [0.25, 0.3) is 0 Å². The van der Waals surface area contributed by atoms with E-state index >= 15 is 0 Å². The Bertz CT molecular complexity index is 393. The third-order valence-corrected chi connectivity index (χ3v) is 4.26. The molecule has 90 valence electrons. The topological polar surface area (TPSA) is 29.1 Å². The Labute approximate surface area is 106 Å². The van der Waals surface area contributed by atoms with Crippen molar-refractivity contribution in [1.29, 1.82) is 0 Å². The maximum absolute atomic E-state index is 11.1. The molecule has 1 aliphatic carbocycles. The van der Waals surface area contributed by atoms with Crippen molar-refractivity contribution in [2.45, 2.75) is 35.8 Å². The van der Waals surface area contributed by atoms with Gasteiger partial charge in [-0.3, -0.25) is 4.79 Å². The van der Waals surface area contributed by atoms with Crippen LogP contribution in [-0.2, 0) is 4.79 Å². The molecular formula is C14H17NOS. The molecule has 0 saturated heterocycles. The molecule has 3 heteroatoms. The summed E-state index contributed by atoms with van der Waals surface area (Å²) >= 11 is 1.95. The zero-order chi connectivity index (χ0) is 12.1. The van der Waals surface area contributed by atoms with Gasteiger partial charge in [-0.1, -0.05) is 19.4 Å². The smallest absolute Gasteiger partial charge is 0.247 e. The normalized spacial score (nSPS) is 15.8. The second-order valence-corrected chi connectivity index (χ2v) is 5.62. The predicted octanol–water partition coefficient (Wildman–Crippen LogP) is 3.85. The molecule has 1 fully saturated rings. The number of benzene rings is 1. The van der Waals surface area contributed by atoms with Gasteiger partial charge >= 0.3 is 0 Å². The van der Waals surface area contributed by atoms with Gasteiger partial charge < -0.3 is 5.32 Å². The highest BCUT2D eigenvalue weighted by Crippen LogP contribution is 2.34. The molecule has 1 aromatic rings. The molecule has 1 amide bonds. The number of rotatable bonds is 4. The van der Waals surface area contributed by atoms with Crippen LogP contribution in [-0.4, -0.2) is 11.2 Å². The highest BCUT2D eigenvalue weighted by Gasteiger charge is 2.15. The van der Waals surface area contributed by atoms with Crippen LogP contribution >= 0.6 is 11.8 Å². The van der Waals surface area contributed by atoms with E-state index in [0.29, 0.717) is 0 Å². The number of carbonyl (C=O) groups excluding carboxylic acids is 1. The van der Waals surface area contributed by atoms with E-state index in [9.17, 15) is 4.79 Å². The van der Waals surface area contributed by atoms with Crippen LogP contribution in [0.1, 0.15) is 25.7 Å². The van der Waals surface area contributed by atoms with E-state index in [1.165, 1.54) is 36.7 Å². The van der Waals surface area contributed by atoms with Crippen molar-refractivity contribution in [3.05, 3.63) is 36.9 Å². The van der Waals surface area contributed by atoms with Crippen LogP contribution in [0.5, 0.6) is 0 Å². The van der Waals surface area contributed by atoms with Crippen LogP contribution in [0.15, 0.2) is 41.8 Å². The minimum Gasteiger partial charge on any atom is -0.323 e. The summed E-state index contributed by atoms with van der Waals surface area (Å²) in [6, 6.07) is 8.03. The molecule has 0 spiro atoms. The first kappa shape index (κ1) is 12.2. The standard InChI is InChI=1S/C14H17NOS/c1-2-14(16)15-11-7-9-13(10-8-11)17-12-5-3-4-6-12/h2,7-10,12H,1,3-6H2,(H,15,16). The van der Waals surface area contributed by atoms with Gasteiger partial charge in [0.05, 0.1) is 0 Å². The second kappa shape index (κ2) is 5.92. The zero-order valence-electron chi connectivity index (χ0n) is 9.82. The highest BCUT2D eigenvalue weighted by atomic mass is 32.2. The third-order valence-electron chi connectivity index (χ3n) is 2.91. The quantitative estimate of drug-likeness (QED) is 0.819. The lowest BCUT2D eigenvalue weighted by Gasteiger charge is -2.09. The van der Waals surface area contributed by atoms with Crippen LogP contribution in [0.4, 0.5) is 5.69 Å². The van der Waals surface area contributed by atoms with Crippen molar-refractivity contribution in [3.8, 4) is 0 Å². The van der Waals surface area contributed by atoms with Crippen molar-refractivity contribution < 1.29 is 4.79 Å². The fraction of sp³-hybridized carbons (Fsp3) is 0.357. The lowest BCUT2D eigenvalue weighted by Crippen LogP contribution is -2.06. The van der Waals surface area contributed by atoms with Crippen molar-refractivity contribution in [2.75, 3.05) is 5.32 Å². The maximum Gasteiger partial charge on any atom is 0.247 e. The Balaban J connectivity index is 1.92. The van der Waals surface area contributed by atoms with E-state index in [4.69, 9.17) is 0 Å². The number of nitrogens with one attached hydrogen (secondary N) is 1. The van der Waals surface area contributed by atoms with Crippen molar-refractivity contribution >= 4 is 23.4 Å². The van der Waals surface area contributed by atoms with Gasteiger partial charge in [-0.25, -0.2) is 0 Å². The summed E-state index contributed by atoms with van der Waals surface area (Å²) in [4.78, 5) is 12.4. The van der Waals surface area contributed by atoms with E-state index in [-0.39, 0.29) is 5.91 Å². The van der Waals surface area contributed by atoms with E-state index in [1.807, 2.05) is 23.9 Å². The molecule has 0 atom stereocenters. The Morgan fingerprint density at radius 1 is 1.29 bits per heavy atom. The van der Waals surface area contributed by atoms with Crippen molar-refractivity contribution in [3.63, 3.8) is 0 Å². The molecule has 17 heavy (non-hydrogen) atoms. The first-order valence-electron chi connectivity index (χ1n) is 5.98. The SMILES string of the molecule is C=CC(=O)Nc1ccc(SC2CCCC2)cc1. The molecule has 1 N–H and O–H groups in total. The van der Waals surface area contributed by atoms with Crippen LogP contribution in [0, 0.1) is 0 Å². The summed E-state index contributed by atoms with van der Waals surface area (Å²) in [6.07, 6.45) is 6.68. The van der Waals surface area contributed by atoms with E-state index in [0.717, 1.165) is 10.9 Å². The number of hydrogen-bond donors (Lipinski definition) is 1. The number of thioether (sulfide) groups is 1. The summed E-state index contributed by atoms with van der Waals surface area (Å²) in [5.74, 6) is -0.166. The van der Waals surface area contributed by atoms with Crippen molar-refractivity contribution in [1.82, 2.24) is 0 Å². The third kappa shape index (κ3) is 3.63. The summed E-state index contributed by atoms with van der Waals surface area (Å²) in [7, 11) is 0. The molecule has 0 unspecified atom stereocenters. The van der Waals surface area contributed by atoms with Gasteiger partial charge in [-0.2, -0.15) is 0 Å². The summed E-state index contributed by atoms with van der Waals surface area (Å²) < 4.78 is 0. The summed E-state index contributed by atoms with van der Waals surface area (Å²) in [6.45, 7) is 3.43. The Kier molecular flexibility index (Phi) is 4.26.